The number of hydrazine groups is 1. The molecule has 0 atom stereocenters. The third kappa shape index (κ3) is 5.06. The van der Waals surface area contributed by atoms with E-state index in [9.17, 15) is 9.18 Å². The maximum absolute atomic E-state index is 13.0. The number of nitrogens with two attached hydrogens (primary N) is 1. The number of ether oxygens (including phenoxy) is 1. The van der Waals surface area contributed by atoms with Crippen LogP contribution in [0.1, 0.15) is 11.1 Å². The zero-order chi connectivity index (χ0) is 16.8. The van der Waals surface area contributed by atoms with E-state index in [0.29, 0.717) is 20.8 Å². The smallest absolute Gasteiger partial charge is 0.257 e. The van der Waals surface area contributed by atoms with Crippen molar-refractivity contribution in [3.05, 3.63) is 68.9 Å². The minimum atomic E-state index is -0.396. The highest BCUT2D eigenvalue weighted by atomic mass is 79.9. The molecular formula is C16H13BrClFN2O2. The first-order chi connectivity index (χ1) is 11.0. The summed E-state index contributed by atoms with van der Waals surface area (Å²) in [6.45, 7) is 0.211. The molecule has 3 N–H and O–H groups in total. The molecule has 2 rings (SSSR count). The summed E-state index contributed by atoms with van der Waals surface area (Å²) >= 11 is 9.35. The molecule has 0 radical (unpaired) electrons. The fraction of sp³-hybridized carbons (Fsp3) is 0.0625. The zero-order valence-electron chi connectivity index (χ0n) is 11.9. The fourth-order valence-corrected chi connectivity index (χ4v) is 2.48. The molecule has 0 aliphatic heterocycles. The maximum Gasteiger partial charge on any atom is 0.257 e. The number of carbonyl (C=O) groups excluding carboxylic acids is 1. The van der Waals surface area contributed by atoms with Crippen LogP contribution in [-0.2, 0) is 11.4 Å². The van der Waals surface area contributed by atoms with E-state index in [0.717, 1.165) is 5.56 Å². The van der Waals surface area contributed by atoms with E-state index < -0.39 is 11.7 Å². The third-order valence-corrected chi connectivity index (χ3v) is 3.90. The fourth-order valence-electron chi connectivity index (χ4n) is 1.75. The topological polar surface area (TPSA) is 64.3 Å². The second-order valence-corrected chi connectivity index (χ2v) is 5.82. The minimum Gasteiger partial charge on any atom is -0.488 e. The van der Waals surface area contributed by atoms with E-state index in [1.165, 1.54) is 18.2 Å². The highest BCUT2D eigenvalue weighted by Gasteiger charge is 2.06. The number of hydrogen-bond acceptors (Lipinski definition) is 3. The average Bonchev–Trinajstić information content (AvgIpc) is 2.53. The first-order valence-corrected chi connectivity index (χ1v) is 7.71. The molecule has 120 valence electrons. The van der Waals surface area contributed by atoms with Gasteiger partial charge in [-0.05, 0) is 51.8 Å². The molecule has 4 nitrogen and oxygen atoms in total. The molecule has 0 saturated heterocycles. The van der Waals surface area contributed by atoms with Crippen molar-refractivity contribution in [2.24, 2.45) is 5.84 Å². The predicted octanol–water partition coefficient (Wildman–Crippen LogP) is 3.82. The Labute approximate surface area is 146 Å². The molecule has 23 heavy (non-hydrogen) atoms. The van der Waals surface area contributed by atoms with Crippen molar-refractivity contribution < 1.29 is 13.9 Å². The van der Waals surface area contributed by atoms with Gasteiger partial charge in [0.1, 0.15) is 18.2 Å². The van der Waals surface area contributed by atoms with Gasteiger partial charge in [0.2, 0.25) is 0 Å². The van der Waals surface area contributed by atoms with Crippen molar-refractivity contribution in [1.82, 2.24) is 5.43 Å². The summed E-state index contributed by atoms with van der Waals surface area (Å²) in [4.78, 5) is 11.1. The van der Waals surface area contributed by atoms with Crippen molar-refractivity contribution in [3.63, 3.8) is 0 Å². The summed E-state index contributed by atoms with van der Waals surface area (Å²) in [5, 5.41) is 0.313. The molecule has 2 aromatic carbocycles. The Morgan fingerprint density at radius 3 is 2.78 bits per heavy atom. The summed E-state index contributed by atoms with van der Waals surface area (Å²) in [6.07, 6.45) is 2.94. The Morgan fingerprint density at radius 2 is 2.13 bits per heavy atom. The van der Waals surface area contributed by atoms with Crippen LogP contribution in [0.25, 0.3) is 6.08 Å². The van der Waals surface area contributed by atoms with Crippen LogP contribution in [0.15, 0.2) is 46.9 Å². The molecule has 0 saturated carbocycles. The lowest BCUT2D eigenvalue weighted by molar-refractivity contribution is -0.116. The Morgan fingerprint density at radius 1 is 1.35 bits per heavy atom. The van der Waals surface area contributed by atoms with Crippen molar-refractivity contribution >= 4 is 39.5 Å². The lowest BCUT2D eigenvalue weighted by Gasteiger charge is -2.10. The lowest BCUT2D eigenvalue weighted by Crippen LogP contribution is -2.27. The SMILES string of the molecule is NNC(=O)/C=C/c1ccc(OCc2ccc(F)cc2Cl)c(Br)c1. The summed E-state index contributed by atoms with van der Waals surface area (Å²) in [5.41, 5.74) is 3.49. The second-order valence-electron chi connectivity index (χ2n) is 4.56. The van der Waals surface area contributed by atoms with E-state index >= 15 is 0 Å². The van der Waals surface area contributed by atoms with Crippen LogP contribution in [0.3, 0.4) is 0 Å². The first-order valence-electron chi connectivity index (χ1n) is 6.54. The van der Waals surface area contributed by atoms with E-state index in [4.69, 9.17) is 22.2 Å². The van der Waals surface area contributed by atoms with E-state index in [1.807, 2.05) is 5.43 Å². The molecule has 0 unspecified atom stereocenters. The van der Waals surface area contributed by atoms with Crippen LogP contribution in [0.4, 0.5) is 4.39 Å². The molecule has 0 aromatic heterocycles. The van der Waals surface area contributed by atoms with Crippen LogP contribution in [0.5, 0.6) is 5.75 Å². The van der Waals surface area contributed by atoms with E-state index in [1.54, 1.807) is 30.3 Å². The number of nitrogens with one attached hydrogen (secondary N) is 1. The van der Waals surface area contributed by atoms with Gasteiger partial charge in [-0.3, -0.25) is 10.2 Å². The molecule has 0 aliphatic carbocycles. The van der Waals surface area contributed by atoms with Crippen molar-refractivity contribution in [2.45, 2.75) is 6.61 Å². The van der Waals surface area contributed by atoms with Crippen LogP contribution in [0, 0.1) is 5.82 Å². The Kier molecular flexibility index (Phi) is 6.15. The second kappa shape index (κ2) is 8.10. The van der Waals surface area contributed by atoms with Crippen molar-refractivity contribution in [2.75, 3.05) is 0 Å². The van der Waals surface area contributed by atoms with Crippen LogP contribution in [0.2, 0.25) is 5.02 Å². The summed E-state index contributed by atoms with van der Waals surface area (Å²) < 4.78 is 19.4. The Balaban J connectivity index is 2.06. The molecule has 2 aromatic rings. The molecule has 0 spiro atoms. The Hall–Kier alpha value is -1.89. The average molecular weight is 400 g/mol. The monoisotopic (exact) mass is 398 g/mol. The van der Waals surface area contributed by atoms with Gasteiger partial charge in [-0.1, -0.05) is 23.7 Å². The maximum atomic E-state index is 13.0. The van der Waals surface area contributed by atoms with Gasteiger partial charge < -0.3 is 4.74 Å². The highest BCUT2D eigenvalue weighted by molar-refractivity contribution is 9.10. The van der Waals surface area contributed by atoms with Gasteiger partial charge >= 0.3 is 0 Å². The van der Waals surface area contributed by atoms with Gasteiger partial charge in [0.15, 0.2) is 0 Å². The quantitative estimate of drug-likeness (QED) is 0.348. The van der Waals surface area contributed by atoms with Gasteiger partial charge in [-0.2, -0.15) is 0 Å². The van der Waals surface area contributed by atoms with Crippen LogP contribution < -0.4 is 16.0 Å². The van der Waals surface area contributed by atoms with Gasteiger partial charge in [0, 0.05) is 11.6 Å². The zero-order valence-corrected chi connectivity index (χ0v) is 14.2. The number of halogens is 3. The van der Waals surface area contributed by atoms with Gasteiger partial charge in [0.05, 0.1) is 9.50 Å². The van der Waals surface area contributed by atoms with Gasteiger partial charge in [0.25, 0.3) is 5.91 Å². The largest absolute Gasteiger partial charge is 0.488 e. The normalized spacial score (nSPS) is 10.8. The molecule has 0 fully saturated rings. The molecule has 0 bridgehead atoms. The number of hydrogen-bond donors (Lipinski definition) is 2. The molecule has 0 aliphatic rings. The van der Waals surface area contributed by atoms with Crippen LogP contribution >= 0.6 is 27.5 Å². The third-order valence-electron chi connectivity index (χ3n) is 2.92. The molecular weight excluding hydrogens is 387 g/mol. The van der Waals surface area contributed by atoms with E-state index in [2.05, 4.69) is 15.9 Å². The first kappa shape index (κ1) is 17.5. The number of rotatable bonds is 5. The number of carbonyl (C=O) groups is 1. The van der Waals surface area contributed by atoms with Gasteiger partial charge in [-0.25, -0.2) is 10.2 Å². The molecule has 0 heterocycles. The molecule has 7 heteroatoms. The van der Waals surface area contributed by atoms with Crippen LogP contribution in [-0.4, -0.2) is 5.91 Å². The van der Waals surface area contributed by atoms with Gasteiger partial charge in [-0.15, -0.1) is 0 Å². The minimum absolute atomic E-state index is 0.211. The van der Waals surface area contributed by atoms with Crippen molar-refractivity contribution in [3.8, 4) is 5.75 Å². The van der Waals surface area contributed by atoms with E-state index in [-0.39, 0.29) is 6.61 Å². The number of benzene rings is 2. The Bertz CT molecular complexity index is 753. The molecule has 1 amide bonds. The summed E-state index contributed by atoms with van der Waals surface area (Å²) in [5.74, 6) is 4.81. The summed E-state index contributed by atoms with van der Waals surface area (Å²) in [7, 11) is 0. The number of amides is 1. The predicted molar refractivity (Wildman–Crippen MR) is 91.2 cm³/mol. The summed E-state index contributed by atoms with van der Waals surface area (Å²) in [6, 6.07) is 9.48. The van der Waals surface area contributed by atoms with Crippen molar-refractivity contribution in [1.29, 1.82) is 0 Å². The highest BCUT2D eigenvalue weighted by Crippen LogP contribution is 2.28. The lowest BCUT2D eigenvalue weighted by atomic mass is 10.2. The standard InChI is InChI=1S/C16H13BrClFN2O2/c17-13-7-10(2-6-16(22)21-20)1-5-15(13)23-9-11-3-4-12(19)8-14(11)18/h1-8H,9,20H2,(H,21,22)/b6-2+.